The Morgan fingerprint density at radius 1 is 1.03 bits per heavy atom. The highest BCUT2D eigenvalue weighted by Gasteiger charge is 2.64. The molecule has 0 aromatic rings. The number of aliphatic hydroxyl groups excluding tert-OH is 2. The number of hydrogen-bond donors (Lipinski definition) is 2. The number of esters is 1. The molecule has 0 radical (unpaired) electrons. The molecule has 182 valence electrons. The van der Waals surface area contributed by atoms with Crippen molar-refractivity contribution >= 4 is 5.97 Å². The predicted octanol–water partition coefficient (Wildman–Crippen LogP) is 5.37. The van der Waals surface area contributed by atoms with Gasteiger partial charge in [0.25, 0.3) is 0 Å². The number of fused-ring (bicyclic) bond motifs is 5. The molecule has 0 spiro atoms. The molecule has 32 heavy (non-hydrogen) atoms. The summed E-state index contributed by atoms with van der Waals surface area (Å²) in [5.74, 6) is 2.89. The third kappa shape index (κ3) is 3.78. The zero-order valence-electron chi connectivity index (χ0n) is 20.9. The lowest BCUT2D eigenvalue weighted by Gasteiger charge is -2.64. The first kappa shape index (κ1) is 24.3. The number of hydrogen-bond acceptors (Lipinski definition) is 4. The minimum absolute atomic E-state index is 0.192. The molecule has 0 saturated heterocycles. The molecule has 4 fully saturated rings. The van der Waals surface area contributed by atoms with Gasteiger partial charge in [-0.15, -0.1) is 0 Å². The van der Waals surface area contributed by atoms with Crippen LogP contribution in [-0.4, -0.2) is 35.0 Å². The van der Waals surface area contributed by atoms with Crippen molar-refractivity contribution < 1.29 is 19.7 Å². The highest BCUT2D eigenvalue weighted by molar-refractivity contribution is 5.81. The first-order valence-electron chi connectivity index (χ1n) is 13.4. The van der Waals surface area contributed by atoms with E-state index in [1.54, 1.807) is 6.08 Å². The first-order chi connectivity index (χ1) is 15.2. The minimum Gasteiger partial charge on any atom is -0.463 e. The summed E-state index contributed by atoms with van der Waals surface area (Å²) < 4.78 is 5.09. The standard InChI is InChI=1S/C28H46O4/c1-6-19-23-16-18(29)12-14-28(23,5)22-13-15-27(4)20(9-10-21(27)25(22)26(19)31)17(3)8-11-24(30)32-7-2/h8,11,17-23,25-26,29,31H,6-7,9-10,12-16H2,1-5H3/b11-8+/t17-,18-,19-,20-,21?,22?,23?,25?,26?,27-,28-/m1/s1. The summed E-state index contributed by atoms with van der Waals surface area (Å²) >= 11 is 0. The monoisotopic (exact) mass is 446 g/mol. The highest BCUT2D eigenvalue weighted by atomic mass is 16.5. The smallest absolute Gasteiger partial charge is 0.330 e. The fourth-order valence-corrected chi connectivity index (χ4v) is 9.42. The summed E-state index contributed by atoms with van der Waals surface area (Å²) in [7, 11) is 0. The molecule has 2 N–H and O–H groups in total. The van der Waals surface area contributed by atoms with E-state index in [1.165, 1.54) is 25.7 Å². The van der Waals surface area contributed by atoms with E-state index in [0.717, 1.165) is 25.7 Å². The van der Waals surface area contributed by atoms with Gasteiger partial charge in [0.2, 0.25) is 0 Å². The van der Waals surface area contributed by atoms with Crippen molar-refractivity contribution in [2.45, 2.75) is 98.2 Å². The second kappa shape index (κ2) is 9.06. The molecule has 0 aromatic carbocycles. The Hall–Kier alpha value is -0.870. The van der Waals surface area contributed by atoms with Crippen LogP contribution < -0.4 is 0 Å². The molecule has 0 heterocycles. The zero-order chi connectivity index (χ0) is 23.3. The molecule has 4 aliphatic carbocycles. The van der Waals surface area contributed by atoms with Crippen LogP contribution in [0.2, 0.25) is 0 Å². The van der Waals surface area contributed by atoms with E-state index in [-0.39, 0.29) is 29.0 Å². The maximum atomic E-state index is 11.9. The number of allylic oxidation sites excluding steroid dienone is 1. The number of ether oxygens (including phenoxy) is 1. The molecule has 0 aromatic heterocycles. The van der Waals surface area contributed by atoms with Gasteiger partial charge >= 0.3 is 5.97 Å². The van der Waals surface area contributed by atoms with E-state index in [4.69, 9.17) is 4.74 Å². The second-order valence-corrected chi connectivity index (χ2v) is 12.1. The molecule has 4 heteroatoms. The molecular weight excluding hydrogens is 400 g/mol. The maximum absolute atomic E-state index is 11.9. The van der Waals surface area contributed by atoms with Gasteiger partial charge in [-0.1, -0.05) is 40.2 Å². The SMILES string of the molecule is CCOC(=O)/C=C/[C@@H](C)[C@H]1CCC2C3C(O)[C@H](CC)C4C[C@H](O)CC[C@]4(C)C3CC[C@@]21C. The third-order valence-corrected chi connectivity index (χ3v) is 10.9. The first-order valence-corrected chi connectivity index (χ1v) is 13.4. The lowest BCUT2D eigenvalue weighted by molar-refractivity contribution is -0.202. The molecule has 0 bridgehead atoms. The van der Waals surface area contributed by atoms with Gasteiger partial charge in [-0.2, -0.15) is 0 Å². The summed E-state index contributed by atoms with van der Waals surface area (Å²) in [5, 5.41) is 22.2. The predicted molar refractivity (Wildman–Crippen MR) is 127 cm³/mol. The van der Waals surface area contributed by atoms with Crippen molar-refractivity contribution in [2.75, 3.05) is 6.61 Å². The molecule has 4 rings (SSSR count). The number of carbonyl (C=O) groups is 1. The molecular formula is C28H46O4. The Morgan fingerprint density at radius 2 is 1.72 bits per heavy atom. The van der Waals surface area contributed by atoms with E-state index in [9.17, 15) is 15.0 Å². The van der Waals surface area contributed by atoms with Gasteiger partial charge in [-0.25, -0.2) is 4.79 Å². The van der Waals surface area contributed by atoms with Gasteiger partial charge in [0.05, 0.1) is 18.8 Å². The zero-order valence-corrected chi connectivity index (χ0v) is 20.9. The van der Waals surface area contributed by atoms with Crippen LogP contribution in [0, 0.1) is 52.3 Å². The third-order valence-electron chi connectivity index (χ3n) is 10.9. The summed E-state index contributed by atoms with van der Waals surface area (Å²) in [4.78, 5) is 11.9. The summed E-state index contributed by atoms with van der Waals surface area (Å²) in [5.41, 5.74) is 0.467. The van der Waals surface area contributed by atoms with Crippen LogP contribution in [-0.2, 0) is 9.53 Å². The van der Waals surface area contributed by atoms with E-state index < -0.39 is 0 Å². The van der Waals surface area contributed by atoms with Crippen LogP contribution in [0.25, 0.3) is 0 Å². The lowest BCUT2D eigenvalue weighted by atomic mass is 9.41. The molecule has 4 nitrogen and oxygen atoms in total. The van der Waals surface area contributed by atoms with Gasteiger partial charge in [0.15, 0.2) is 0 Å². The van der Waals surface area contributed by atoms with Crippen LogP contribution in [0.3, 0.4) is 0 Å². The van der Waals surface area contributed by atoms with Crippen LogP contribution >= 0.6 is 0 Å². The average Bonchev–Trinajstić information content (AvgIpc) is 3.11. The normalized spacial score (nSPS) is 49.2. The van der Waals surface area contributed by atoms with E-state index in [1.807, 2.05) is 6.92 Å². The summed E-state index contributed by atoms with van der Waals surface area (Å²) in [6.07, 6.45) is 11.9. The van der Waals surface area contributed by atoms with Crippen LogP contribution in [0.4, 0.5) is 0 Å². The van der Waals surface area contributed by atoms with E-state index >= 15 is 0 Å². The summed E-state index contributed by atoms with van der Waals surface area (Å²) in [6, 6.07) is 0. The van der Waals surface area contributed by atoms with Crippen LogP contribution in [0.5, 0.6) is 0 Å². The Morgan fingerprint density at radius 3 is 2.41 bits per heavy atom. The van der Waals surface area contributed by atoms with Gasteiger partial charge in [0.1, 0.15) is 0 Å². The Kier molecular flexibility index (Phi) is 6.87. The van der Waals surface area contributed by atoms with Gasteiger partial charge in [-0.3, -0.25) is 0 Å². The fourth-order valence-electron chi connectivity index (χ4n) is 9.42. The van der Waals surface area contributed by atoms with Crippen molar-refractivity contribution in [2.24, 2.45) is 52.3 Å². The second-order valence-electron chi connectivity index (χ2n) is 12.1. The topological polar surface area (TPSA) is 66.8 Å². The molecule has 0 aliphatic heterocycles. The number of carbonyl (C=O) groups excluding carboxylic acids is 1. The highest BCUT2D eigenvalue weighted by Crippen LogP contribution is 2.69. The number of aliphatic hydroxyl groups is 2. The Balaban J connectivity index is 1.59. The number of rotatable bonds is 5. The van der Waals surface area contributed by atoms with Crippen LogP contribution in [0.15, 0.2) is 12.2 Å². The summed E-state index contributed by atoms with van der Waals surface area (Å²) in [6.45, 7) is 11.7. The Labute approximate surface area is 195 Å². The molecule has 5 unspecified atom stereocenters. The van der Waals surface area contributed by atoms with Crippen LogP contribution in [0.1, 0.15) is 86.0 Å². The van der Waals surface area contributed by atoms with Crippen molar-refractivity contribution in [1.82, 2.24) is 0 Å². The van der Waals surface area contributed by atoms with Crippen molar-refractivity contribution in [1.29, 1.82) is 0 Å². The minimum atomic E-state index is -0.248. The van der Waals surface area contributed by atoms with Gasteiger partial charge < -0.3 is 14.9 Å². The molecule has 4 aliphatic rings. The lowest BCUT2D eigenvalue weighted by Crippen LogP contribution is -2.62. The quantitative estimate of drug-likeness (QED) is 0.440. The molecule has 4 saturated carbocycles. The van der Waals surface area contributed by atoms with E-state index in [2.05, 4.69) is 33.8 Å². The fraction of sp³-hybridized carbons (Fsp3) is 0.893. The molecule has 0 amide bonds. The van der Waals surface area contributed by atoms with Crippen molar-refractivity contribution in [3.63, 3.8) is 0 Å². The maximum Gasteiger partial charge on any atom is 0.330 e. The van der Waals surface area contributed by atoms with Gasteiger partial charge in [-0.05, 0) is 104 Å². The van der Waals surface area contributed by atoms with E-state index in [0.29, 0.717) is 48.0 Å². The van der Waals surface area contributed by atoms with Crippen molar-refractivity contribution in [3.05, 3.63) is 12.2 Å². The average molecular weight is 447 g/mol. The van der Waals surface area contributed by atoms with Gasteiger partial charge in [0, 0.05) is 6.08 Å². The largest absolute Gasteiger partial charge is 0.463 e. The Bertz CT molecular complexity index is 718. The van der Waals surface area contributed by atoms with Crippen molar-refractivity contribution in [3.8, 4) is 0 Å². The molecule has 11 atom stereocenters.